The summed E-state index contributed by atoms with van der Waals surface area (Å²) in [6, 6.07) is 3.90. The van der Waals surface area contributed by atoms with Gasteiger partial charge in [-0.3, -0.25) is 4.79 Å². The number of nitrogens with two attached hydrogens (primary N) is 1. The fraction of sp³-hybridized carbons (Fsp3) is 0.125. The summed E-state index contributed by atoms with van der Waals surface area (Å²) in [7, 11) is -3.77. The molecule has 0 fully saturated rings. The molecular formula is C8H7Cl2NO3S. The number of rotatable bonds is 3. The number of carbonyl (C=O) groups is 1. The Balaban J connectivity index is 3.22. The van der Waals surface area contributed by atoms with E-state index in [-0.39, 0.29) is 9.92 Å². The van der Waals surface area contributed by atoms with Crippen molar-refractivity contribution in [2.75, 3.05) is 5.75 Å². The summed E-state index contributed by atoms with van der Waals surface area (Å²) in [5.74, 6) is -1.70. The first-order valence-corrected chi connectivity index (χ1v) is 6.20. The van der Waals surface area contributed by atoms with Crippen LogP contribution in [0.15, 0.2) is 23.1 Å². The van der Waals surface area contributed by atoms with Crippen LogP contribution >= 0.6 is 23.2 Å². The maximum absolute atomic E-state index is 11.5. The van der Waals surface area contributed by atoms with E-state index in [0.717, 1.165) is 0 Å². The van der Waals surface area contributed by atoms with Gasteiger partial charge in [0.1, 0.15) is 5.75 Å². The van der Waals surface area contributed by atoms with Crippen molar-refractivity contribution in [3.63, 3.8) is 0 Å². The molecule has 0 saturated carbocycles. The average Bonchev–Trinajstić information content (AvgIpc) is 1.99. The smallest absolute Gasteiger partial charge is 0.233 e. The van der Waals surface area contributed by atoms with Gasteiger partial charge in [-0.2, -0.15) is 0 Å². The van der Waals surface area contributed by atoms with E-state index in [9.17, 15) is 13.2 Å². The molecule has 0 spiro atoms. The highest BCUT2D eigenvalue weighted by Gasteiger charge is 2.20. The molecule has 15 heavy (non-hydrogen) atoms. The molecule has 7 heteroatoms. The first-order valence-electron chi connectivity index (χ1n) is 3.79. The van der Waals surface area contributed by atoms with Gasteiger partial charge in [-0.25, -0.2) is 8.42 Å². The van der Waals surface area contributed by atoms with E-state index in [2.05, 4.69) is 0 Å². The monoisotopic (exact) mass is 267 g/mol. The minimum absolute atomic E-state index is 0.0243. The summed E-state index contributed by atoms with van der Waals surface area (Å²) in [6.07, 6.45) is 0. The Morgan fingerprint density at radius 3 is 2.40 bits per heavy atom. The molecule has 0 aliphatic heterocycles. The number of carbonyl (C=O) groups excluding carboxylic acids is 1. The van der Waals surface area contributed by atoms with Gasteiger partial charge in [0.2, 0.25) is 5.91 Å². The van der Waals surface area contributed by atoms with Crippen molar-refractivity contribution in [1.82, 2.24) is 0 Å². The number of hydrogen-bond acceptors (Lipinski definition) is 3. The number of halogens is 2. The summed E-state index contributed by atoms with van der Waals surface area (Å²) in [5, 5.41) is 0.293. The molecule has 1 aromatic carbocycles. The van der Waals surface area contributed by atoms with Crippen LogP contribution in [0, 0.1) is 0 Å². The zero-order valence-electron chi connectivity index (χ0n) is 7.41. The third-order valence-electron chi connectivity index (χ3n) is 1.56. The molecule has 1 aromatic rings. The summed E-state index contributed by atoms with van der Waals surface area (Å²) < 4.78 is 23.1. The first kappa shape index (κ1) is 12.3. The van der Waals surface area contributed by atoms with Gasteiger partial charge in [-0.15, -0.1) is 0 Å². The van der Waals surface area contributed by atoms with Gasteiger partial charge in [0.15, 0.2) is 9.84 Å². The van der Waals surface area contributed by atoms with Crippen LogP contribution in [-0.4, -0.2) is 20.1 Å². The number of primary amides is 1. The number of hydrogen-bond donors (Lipinski definition) is 1. The highest BCUT2D eigenvalue weighted by Crippen LogP contribution is 2.25. The van der Waals surface area contributed by atoms with Crippen molar-refractivity contribution in [2.24, 2.45) is 5.73 Å². The Morgan fingerprint density at radius 1 is 1.33 bits per heavy atom. The topological polar surface area (TPSA) is 77.2 Å². The largest absolute Gasteiger partial charge is 0.369 e. The Morgan fingerprint density at radius 2 is 1.93 bits per heavy atom. The normalized spacial score (nSPS) is 11.3. The summed E-state index contributed by atoms with van der Waals surface area (Å²) in [6.45, 7) is 0. The Hall–Kier alpha value is -0.780. The van der Waals surface area contributed by atoms with Gasteiger partial charge in [0.25, 0.3) is 0 Å². The fourth-order valence-electron chi connectivity index (χ4n) is 0.992. The van der Waals surface area contributed by atoms with Crippen LogP contribution in [0.2, 0.25) is 10.0 Å². The number of benzene rings is 1. The standard InChI is InChI=1S/C8H7Cl2NO3S/c9-5-1-2-7(6(10)3-5)15(13,14)4-8(11)12/h1-3H,4H2,(H2,11,12). The Labute approximate surface area is 96.9 Å². The molecule has 1 amide bonds. The highest BCUT2D eigenvalue weighted by atomic mass is 35.5. The molecule has 0 saturated heterocycles. The second kappa shape index (κ2) is 4.38. The van der Waals surface area contributed by atoms with Crippen molar-refractivity contribution >= 4 is 38.9 Å². The summed E-state index contributed by atoms with van der Waals surface area (Å²) >= 11 is 11.3. The maximum atomic E-state index is 11.5. The maximum Gasteiger partial charge on any atom is 0.233 e. The lowest BCUT2D eigenvalue weighted by molar-refractivity contribution is -0.115. The lowest BCUT2D eigenvalue weighted by Gasteiger charge is -2.04. The van der Waals surface area contributed by atoms with Gasteiger partial charge < -0.3 is 5.73 Å². The SMILES string of the molecule is NC(=O)CS(=O)(=O)c1ccc(Cl)cc1Cl. The molecular weight excluding hydrogens is 261 g/mol. The minimum Gasteiger partial charge on any atom is -0.369 e. The Bertz CT molecular complexity index is 499. The second-order valence-corrected chi connectivity index (χ2v) is 5.60. The van der Waals surface area contributed by atoms with E-state index in [1.165, 1.54) is 18.2 Å². The zero-order valence-corrected chi connectivity index (χ0v) is 9.73. The molecule has 0 atom stereocenters. The lowest BCUT2D eigenvalue weighted by Crippen LogP contribution is -2.23. The van der Waals surface area contributed by atoms with Crippen LogP contribution in [0.3, 0.4) is 0 Å². The third-order valence-corrected chi connectivity index (χ3v) is 3.91. The van der Waals surface area contributed by atoms with Crippen molar-refractivity contribution in [3.05, 3.63) is 28.2 Å². The average molecular weight is 268 g/mol. The van der Waals surface area contributed by atoms with Gasteiger partial charge >= 0.3 is 0 Å². The van der Waals surface area contributed by atoms with Crippen molar-refractivity contribution < 1.29 is 13.2 Å². The molecule has 0 aromatic heterocycles. The van der Waals surface area contributed by atoms with Crippen molar-refractivity contribution in [3.8, 4) is 0 Å². The van der Waals surface area contributed by atoms with E-state index < -0.39 is 21.5 Å². The number of sulfone groups is 1. The van der Waals surface area contributed by atoms with Gasteiger partial charge in [-0.05, 0) is 18.2 Å². The first-order chi connectivity index (χ1) is 6.83. The van der Waals surface area contributed by atoms with E-state index in [1.54, 1.807) is 0 Å². The number of amides is 1. The second-order valence-electron chi connectivity index (χ2n) is 2.80. The summed E-state index contributed by atoms with van der Waals surface area (Å²) in [5.41, 5.74) is 4.81. The molecule has 2 N–H and O–H groups in total. The molecule has 0 heterocycles. The fourth-order valence-corrected chi connectivity index (χ4v) is 2.92. The zero-order chi connectivity index (χ0) is 11.6. The van der Waals surface area contributed by atoms with E-state index in [0.29, 0.717) is 5.02 Å². The molecule has 1 rings (SSSR count). The van der Waals surface area contributed by atoms with Gasteiger partial charge in [0.05, 0.1) is 9.92 Å². The van der Waals surface area contributed by atoms with Crippen LogP contribution in [0.1, 0.15) is 0 Å². The molecule has 0 radical (unpaired) electrons. The van der Waals surface area contributed by atoms with Crippen molar-refractivity contribution in [1.29, 1.82) is 0 Å². The molecule has 0 bridgehead atoms. The third kappa shape index (κ3) is 3.09. The predicted octanol–water partition coefficient (Wildman–Crippen LogP) is 1.25. The van der Waals surface area contributed by atoms with Crippen LogP contribution in [-0.2, 0) is 14.6 Å². The quantitative estimate of drug-likeness (QED) is 0.896. The minimum atomic E-state index is -3.77. The van der Waals surface area contributed by atoms with Crippen LogP contribution in [0.5, 0.6) is 0 Å². The van der Waals surface area contributed by atoms with Crippen LogP contribution < -0.4 is 5.73 Å². The van der Waals surface area contributed by atoms with E-state index >= 15 is 0 Å². The van der Waals surface area contributed by atoms with Gasteiger partial charge in [0, 0.05) is 5.02 Å². The Kier molecular flexibility index (Phi) is 3.59. The highest BCUT2D eigenvalue weighted by molar-refractivity contribution is 7.92. The van der Waals surface area contributed by atoms with Crippen LogP contribution in [0.25, 0.3) is 0 Å². The molecule has 0 unspecified atom stereocenters. The van der Waals surface area contributed by atoms with E-state index in [4.69, 9.17) is 28.9 Å². The molecule has 4 nitrogen and oxygen atoms in total. The lowest BCUT2D eigenvalue weighted by atomic mass is 10.4. The van der Waals surface area contributed by atoms with Crippen LogP contribution in [0.4, 0.5) is 0 Å². The predicted molar refractivity (Wildman–Crippen MR) is 57.7 cm³/mol. The van der Waals surface area contributed by atoms with Crippen molar-refractivity contribution in [2.45, 2.75) is 4.90 Å². The van der Waals surface area contributed by atoms with Gasteiger partial charge in [-0.1, -0.05) is 23.2 Å². The summed E-state index contributed by atoms with van der Waals surface area (Å²) in [4.78, 5) is 10.4. The van der Waals surface area contributed by atoms with E-state index in [1.807, 2.05) is 0 Å². The molecule has 0 aliphatic carbocycles. The molecule has 0 aliphatic rings. The molecule has 82 valence electrons.